The molecule has 4 N–H and O–H groups in total. The molecule has 0 spiro atoms. The topological polar surface area (TPSA) is 102 Å². The first-order valence-electron chi connectivity index (χ1n) is 4.49. The van der Waals surface area contributed by atoms with Gasteiger partial charge in [-0.2, -0.15) is 0 Å². The van der Waals surface area contributed by atoms with Gasteiger partial charge in [-0.05, 0) is 18.8 Å². The largest absolute Gasteiger partial charge is 0.480 e. The molecule has 14 heavy (non-hydrogen) atoms. The van der Waals surface area contributed by atoms with Crippen molar-refractivity contribution in [3.8, 4) is 0 Å². The van der Waals surface area contributed by atoms with E-state index in [4.69, 9.17) is 10.8 Å². The fourth-order valence-electron chi connectivity index (χ4n) is 1.25. The summed E-state index contributed by atoms with van der Waals surface area (Å²) in [6.45, 7) is 0.419. The van der Waals surface area contributed by atoms with E-state index >= 15 is 0 Å². The van der Waals surface area contributed by atoms with Crippen LogP contribution in [0.5, 0.6) is 0 Å². The van der Waals surface area contributed by atoms with Crippen LogP contribution < -0.4 is 11.1 Å². The molecule has 0 radical (unpaired) electrons. The molecule has 6 nitrogen and oxygen atoms in total. The maximum Gasteiger partial charge on any atom is 0.404 e. The lowest BCUT2D eigenvalue weighted by Gasteiger charge is -2.12. The molecule has 1 aliphatic rings. The zero-order chi connectivity index (χ0) is 10.6. The van der Waals surface area contributed by atoms with Gasteiger partial charge < -0.3 is 20.9 Å². The predicted octanol–water partition coefficient (Wildman–Crippen LogP) is -0.466. The van der Waals surface area contributed by atoms with Gasteiger partial charge in [0, 0.05) is 6.54 Å². The summed E-state index contributed by atoms with van der Waals surface area (Å²) >= 11 is 0. The lowest BCUT2D eigenvalue weighted by molar-refractivity contribution is -0.140. The molecule has 1 fully saturated rings. The fraction of sp³-hybridized carbons (Fsp3) is 0.750. The van der Waals surface area contributed by atoms with Gasteiger partial charge in [-0.3, -0.25) is 4.79 Å². The third kappa shape index (κ3) is 3.61. The van der Waals surface area contributed by atoms with E-state index in [2.05, 4.69) is 10.1 Å². The minimum absolute atomic E-state index is 0.103. The average molecular weight is 202 g/mol. The summed E-state index contributed by atoms with van der Waals surface area (Å²) in [6, 6.07) is -0.522. The summed E-state index contributed by atoms with van der Waals surface area (Å²) in [6.07, 6.45) is 1.05. The van der Waals surface area contributed by atoms with Gasteiger partial charge in [0.25, 0.3) is 0 Å². The van der Waals surface area contributed by atoms with Crippen LogP contribution in [-0.2, 0) is 9.53 Å². The lowest BCUT2D eigenvalue weighted by atomic mass is 10.2. The molecule has 1 atom stereocenters. The van der Waals surface area contributed by atoms with E-state index in [0.29, 0.717) is 6.54 Å². The van der Waals surface area contributed by atoms with Gasteiger partial charge >= 0.3 is 12.1 Å². The van der Waals surface area contributed by atoms with Crippen molar-refractivity contribution in [2.24, 2.45) is 11.7 Å². The molecule has 1 unspecified atom stereocenters. The van der Waals surface area contributed by atoms with Gasteiger partial charge in [0.1, 0.15) is 12.6 Å². The van der Waals surface area contributed by atoms with Crippen molar-refractivity contribution in [3.05, 3.63) is 0 Å². The molecule has 80 valence electrons. The van der Waals surface area contributed by atoms with Gasteiger partial charge in [-0.25, -0.2) is 4.79 Å². The smallest absolute Gasteiger partial charge is 0.404 e. The minimum Gasteiger partial charge on any atom is -0.480 e. The number of nitrogens with one attached hydrogen (secondary N) is 1. The number of hydrogen-bond acceptors (Lipinski definition) is 4. The van der Waals surface area contributed by atoms with Gasteiger partial charge in [0.05, 0.1) is 0 Å². The summed E-state index contributed by atoms with van der Waals surface area (Å²) in [7, 11) is 0. The Morgan fingerprint density at radius 3 is 2.64 bits per heavy atom. The Morgan fingerprint density at radius 2 is 2.21 bits per heavy atom. The highest BCUT2D eigenvalue weighted by molar-refractivity contribution is 5.74. The quantitative estimate of drug-likeness (QED) is 0.505. The first-order chi connectivity index (χ1) is 6.61. The molecule has 0 saturated heterocycles. The fourth-order valence-corrected chi connectivity index (χ4v) is 1.25. The zero-order valence-electron chi connectivity index (χ0n) is 7.73. The van der Waals surface area contributed by atoms with Crippen LogP contribution >= 0.6 is 0 Å². The number of amides is 1. The molecule has 1 saturated carbocycles. The zero-order valence-corrected chi connectivity index (χ0v) is 7.73. The Bertz CT molecular complexity index is 227. The third-order valence-corrected chi connectivity index (χ3v) is 2.07. The Labute approximate surface area is 81.4 Å². The molecule has 0 heterocycles. The maximum absolute atomic E-state index is 10.7. The standard InChI is InChI=1S/C8H14N2O4/c9-8(13)14-4-3-10-6(7(11)12)5-1-2-5/h5-6,10H,1-4H2,(H2,9,13)(H,11,12). The number of nitrogens with two attached hydrogens (primary N) is 1. The molecule has 0 aromatic heterocycles. The summed E-state index contributed by atoms with van der Waals surface area (Å²) in [5.41, 5.74) is 4.74. The Kier molecular flexibility index (Phi) is 3.70. The van der Waals surface area contributed by atoms with Gasteiger partial charge in [0.2, 0.25) is 0 Å². The van der Waals surface area contributed by atoms with Crippen molar-refractivity contribution in [2.75, 3.05) is 13.2 Å². The molecule has 0 aromatic rings. The minimum atomic E-state index is -0.855. The van der Waals surface area contributed by atoms with Crippen LogP contribution in [0.2, 0.25) is 0 Å². The van der Waals surface area contributed by atoms with Crippen LogP contribution in [0.3, 0.4) is 0 Å². The predicted molar refractivity (Wildman–Crippen MR) is 47.7 cm³/mol. The van der Waals surface area contributed by atoms with E-state index in [1.54, 1.807) is 0 Å². The normalized spacial score (nSPS) is 17.4. The second-order valence-electron chi connectivity index (χ2n) is 3.27. The van der Waals surface area contributed by atoms with Crippen LogP contribution in [-0.4, -0.2) is 36.4 Å². The first kappa shape index (κ1) is 10.8. The van der Waals surface area contributed by atoms with Crippen molar-refractivity contribution in [2.45, 2.75) is 18.9 Å². The van der Waals surface area contributed by atoms with E-state index in [-0.39, 0.29) is 12.5 Å². The number of carbonyl (C=O) groups excluding carboxylic acids is 1. The monoisotopic (exact) mass is 202 g/mol. The van der Waals surface area contributed by atoms with Gasteiger partial charge in [-0.15, -0.1) is 0 Å². The second kappa shape index (κ2) is 4.80. The molecule has 0 aliphatic heterocycles. The number of carboxylic acids is 1. The van der Waals surface area contributed by atoms with Crippen molar-refractivity contribution < 1.29 is 19.4 Å². The summed E-state index contributed by atoms with van der Waals surface area (Å²) in [4.78, 5) is 20.9. The summed E-state index contributed by atoms with van der Waals surface area (Å²) in [5.74, 6) is -0.632. The summed E-state index contributed by atoms with van der Waals surface area (Å²) in [5, 5.41) is 11.6. The third-order valence-electron chi connectivity index (χ3n) is 2.07. The van der Waals surface area contributed by atoms with Gasteiger partial charge in [-0.1, -0.05) is 0 Å². The lowest BCUT2D eigenvalue weighted by Crippen LogP contribution is -2.40. The molecular formula is C8H14N2O4. The number of primary amides is 1. The van der Waals surface area contributed by atoms with Crippen molar-refractivity contribution in [1.29, 1.82) is 0 Å². The maximum atomic E-state index is 10.7. The van der Waals surface area contributed by atoms with Crippen molar-refractivity contribution >= 4 is 12.1 Å². The van der Waals surface area contributed by atoms with Crippen LogP contribution in [0.1, 0.15) is 12.8 Å². The van der Waals surface area contributed by atoms with E-state index in [1.165, 1.54) is 0 Å². The second-order valence-corrected chi connectivity index (χ2v) is 3.27. The number of ether oxygens (including phenoxy) is 1. The number of carboxylic acid groups (broad SMARTS) is 1. The van der Waals surface area contributed by atoms with Crippen LogP contribution in [0, 0.1) is 5.92 Å². The van der Waals surface area contributed by atoms with E-state index in [9.17, 15) is 9.59 Å². The molecular weight excluding hydrogens is 188 g/mol. The van der Waals surface area contributed by atoms with Crippen LogP contribution in [0.25, 0.3) is 0 Å². The van der Waals surface area contributed by atoms with E-state index in [0.717, 1.165) is 12.8 Å². The number of hydrogen-bond donors (Lipinski definition) is 3. The van der Waals surface area contributed by atoms with E-state index < -0.39 is 18.1 Å². The Balaban J connectivity index is 2.14. The molecule has 0 aromatic carbocycles. The number of rotatable bonds is 6. The molecule has 1 aliphatic carbocycles. The highest BCUT2D eigenvalue weighted by Crippen LogP contribution is 2.32. The van der Waals surface area contributed by atoms with Gasteiger partial charge in [0.15, 0.2) is 0 Å². The van der Waals surface area contributed by atoms with E-state index in [1.807, 2.05) is 0 Å². The Hall–Kier alpha value is -1.30. The molecule has 0 bridgehead atoms. The number of carbonyl (C=O) groups is 2. The SMILES string of the molecule is NC(=O)OCCNC(C(=O)O)C1CC1. The van der Waals surface area contributed by atoms with Crippen molar-refractivity contribution in [1.82, 2.24) is 5.32 Å². The number of aliphatic carboxylic acids is 1. The Morgan fingerprint density at radius 1 is 1.57 bits per heavy atom. The molecule has 1 rings (SSSR count). The highest BCUT2D eigenvalue weighted by atomic mass is 16.5. The average Bonchev–Trinajstić information content (AvgIpc) is 2.86. The molecule has 6 heteroatoms. The highest BCUT2D eigenvalue weighted by Gasteiger charge is 2.35. The van der Waals surface area contributed by atoms with Crippen LogP contribution in [0.4, 0.5) is 4.79 Å². The van der Waals surface area contributed by atoms with Crippen molar-refractivity contribution in [3.63, 3.8) is 0 Å². The molecule has 1 amide bonds. The summed E-state index contributed by atoms with van der Waals surface area (Å²) < 4.78 is 4.46. The first-order valence-corrected chi connectivity index (χ1v) is 4.49. The van der Waals surface area contributed by atoms with Crippen LogP contribution in [0.15, 0.2) is 0 Å².